The summed E-state index contributed by atoms with van der Waals surface area (Å²) in [5.74, 6) is -0.459. The molecule has 1 saturated heterocycles. The van der Waals surface area contributed by atoms with Crippen molar-refractivity contribution >= 4 is 23.3 Å². The number of hydrogen-bond donors (Lipinski definition) is 1. The van der Waals surface area contributed by atoms with E-state index in [1.807, 2.05) is 17.5 Å². The van der Waals surface area contributed by atoms with Crippen molar-refractivity contribution in [2.75, 3.05) is 32.8 Å². The van der Waals surface area contributed by atoms with Crippen LogP contribution in [0.15, 0.2) is 33.3 Å². The molecule has 144 valence electrons. The van der Waals surface area contributed by atoms with Crippen LogP contribution in [0, 0.1) is 0 Å². The fourth-order valence-corrected chi connectivity index (χ4v) is 3.54. The Morgan fingerprint density at radius 2 is 1.89 bits per heavy atom. The first-order chi connectivity index (χ1) is 13.0. The lowest BCUT2D eigenvalue weighted by Crippen LogP contribution is -2.52. The highest BCUT2D eigenvalue weighted by Gasteiger charge is 2.27. The predicted molar refractivity (Wildman–Crippen MR) is 99.2 cm³/mol. The average molecular weight is 392 g/mol. The molecule has 0 radical (unpaired) electrons. The van der Waals surface area contributed by atoms with Crippen molar-refractivity contribution in [2.24, 2.45) is 0 Å². The zero-order chi connectivity index (χ0) is 19.4. The zero-order valence-electron chi connectivity index (χ0n) is 14.8. The lowest BCUT2D eigenvalue weighted by molar-refractivity contribution is 0.0568. The highest BCUT2D eigenvalue weighted by atomic mass is 32.1. The maximum Gasteiger partial charge on any atom is 0.409 e. The molecule has 10 heteroatoms. The van der Waals surface area contributed by atoms with Crippen molar-refractivity contribution in [3.05, 3.63) is 55.0 Å². The van der Waals surface area contributed by atoms with E-state index in [0.717, 1.165) is 15.6 Å². The van der Waals surface area contributed by atoms with Crippen LogP contribution in [0.2, 0.25) is 0 Å². The van der Waals surface area contributed by atoms with Crippen LogP contribution < -0.4 is 11.2 Å². The Balaban J connectivity index is 1.75. The topological polar surface area (TPSA) is 105 Å². The first-order valence-corrected chi connectivity index (χ1v) is 9.45. The van der Waals surface area contributed by atoms with Crippen LogP contribution in [0.5, 0.6) is 0 Å². The smallest absolute Gasteiger partial charge is 0.409 e. The van der Waals surface area contributed by atoms with Crippen molar-refractivity contribution in [1.82, 2.24) is 19.4 Å². The largest absolute Gasteiger partial charge is 0.450 e. The molecule has 2 aromatic heterocycles. The van der Waals surface area contributed by atoms with E-state index in [0.29, 0.717) is 32.8 Å². The standard InChI is InChI=1S/C17H20N4O5S/c1-2-26-17(25)20-7-5-19(6-8-20)14(22)13-10-18-16(24)21(15(13)23)11-12-4-3-9-27-12/h3-4,9-10H,2,5-8,11H2,1H3,(H,18,24). The molecule has 1 aliphatic heterocycles. The predicted octanol–water partition coefficient (Wildman–Crippen LogP) is 0.561. The summed E-state index contributed by atoms with van der Waals surface area (Å²) in [5.41, 5.74) is -1.27. The van der Waals surface area contributed by atoms with Crippen molar-refractivity contribution in [1.29, 1.82) is 0 Å². The molecule has 2 amide bonds. The number of amides is 2. The highest BCUT2D eigenvalue weighted by Crippen LogP contribution is 2.10. The molecule has 0 saturated carbocycles. The molecule has 3 heterocycles. The first kappa shape index (κ1) is 18.9. The molecule has 0 aliphatic carbocycles. The average Bonchev–Trinajstić information content (AvgIpc) is 3.18. The van der Waals surface area contributed by atoms with E-state index >= 15 is 0 Å². The fourth-order valence-electron chi connectivity index (χ4n) is 2.84. The van der Waals surface area contributed by atoms with Crippen molar-refractivity contribution < 1.29 is 14.3 Å². The number of aromatic amines is 1. The summed E-state index contributed by atoms with van der Waals surface area (Å²) in [6.45, 7) is 3.38. The molecular formula is C17H20N4O5S. The Hall–Kier alpha value is -2.88. The van der Waals surface area contributed by atoms with E-state index in [2.05, 4.69) is 4.98 Å². The summed E-state index contributed by atoms with van der Waals surface area (Å²) in [4.78, 5) is 55.5. The van der Waals surface area contributed by atoms with Crippen LogP contribution in [-0.4, -0.2) is 64.1 Å². The Morgan fingerprint density at radius 3 is 2.52 bits per heavy atom. The van der Waals surface area contributed by atoms with Crippen molar-refractivity contribution in [3.8, 4) is 0 Å². The van der Waals surface area contributed by atoms with Gasteiger partial charge in [-0.25, -0.2) is 9.59 Å². The van der Waals surface area contributed by atoms with Gasteiger partial charge in [0.15, 0.2) is 0 Å². The molecule has 1 fully saturated rings. The number of aromatic nitrogens is 2. The summed E-state index contributed by atoms with van der Waals surface area (Å²) < 4.78 is 5.97. The second kappa shape index (κ2) is 8.21. The van der Waals surface area contributed by atoms with E-state index in [1.165, 1.54) is 21.1 Å². The van der Waals surface area contributed by atoms with Crippen LogP contribution in [0.4, 0.5) is 4.79 Å². The molecule has 3 rings (SSSR count). The van der Waals surface area contributed by atoms with E-state index in [-0.39, 0.29) is 12.1 Å². The minimum absolute atomic E-state index is 0.0873. The number of nitrogens with zero attached hydrogens (tertiary/aromatic N) is 3. The van der Waals surface area contributed by atoms with Crippen LogP contribution in [0.3, 0.4) is 0 Å². The second-order valence-corrected chi connectivity index (χ2v) is 6.99. The number of carbonyl (C=O) groups is 2. The van der Waals surface area contributed by atoms with E-state index in [4.69, 9.17) is 4.74 Å². The van der Waals surface area contributed by atoms with Gasteiger partial charge in [0.1, 0.15) is 5.56 Å². The third kappa shape index (κ3) is 4.11. The van der Waals surface area contributed by atoms with Gasteiger partial charge in [-0.05, 0) is 18.4 Å². The van der Waals surface area contributed by atoms with Crippen LogP contribution >= 0.6 is 11.3 Å². The van der Waals surface area contributed by atoms with E-state index < -0.39 is 23.2 Å². The molecule has 1 aliphatic rings. The van der Waals surface area contributed by atoms with Gasteiger partial charge in [0.2, 0.25) is 0 Å². The van der Waals surface area contributed by atoms with Crippen molar-refractivity contribution in [2.45, 2.75) is 13.5 Å². The number of hydrogen-bond acceptors (Lipinski definition) is 6. The Labute approximate surface area is 158 Å². The third-order valence-electron chi connectivity index (χ3n) is 4.28. The molecular weight excluding hydrogens is 372 g/mol. The Kier molecular flexibility index (Phi) is 5.75. The van der Waals surface area contributed by atoms with Gasteiger partial charge in [0.25, 0.3) is 11.5 Å². The number of carbonyl (C=O) groups excluding carboxylic acids is 2. The fraction of sp³-hybridized carbons (Fsp3) is 0.412. The highest BCUT2D eigenvalue weighted by molar-refractivity contribution is 7.09. The number of ether oxygens (including phenoxy) is 1. The number of nitrogens with one attached hydrogen (secondary N) is 1. The minimum Gasteiger partial charge on any atom is -0.450 e. The third-order valence-corrected chi connectivity index (χ3v) is 5.14. The maximum atomic E-state index is 12.7. The molecule has 0 spiro atoms. The molecule has 2 aromatic rings. The first-order valence-electron chi connectivity index (χ1n) is 8.57. The minimum atomic E-state index is -0.620. The number of rotatable bonds is 4. The van der Waals surface area contributed by atoms with Crippen LogP contribution in [0.1, 0.15) is 22.2 Å². The molecule has 0 aromatic carbocycles. The summed E-state index contributed by atoms with van der Waals surface area (Å²) in [6.07, 6.45) is 0.752. The van der Waals surface area contributed by atoms with Gasteiger partial charge in [-0.2, -0.15) is 0 Å². The molecule has 1 N–H and O–H groups in total. The quantitative estimate of drug-likeness (QED) is 0.819. The molecule has 27 heavy (non-hydrogen) atoms. The maximum absolute atomic E-state index is 12.7. The molecule has 0 atom stereocenters. The second-order valence-electron chi connectivity index (χ2n) is 5.96. The lowest BCUT2D eigenvalue weighted by atomic mass is 10.2. The van der Waals surface area contributed by atoms with Gasteiger partial charge in [0, 0.05) is 37.3 Å². The number of piperazine rings is 1. The Bertz CT molecular complexity index is 926. The van der Waals surface area contributed by atoms with Gasteiger partial charge in [-0.1, -0.05) is 6.07 Å². The van der Waals surface area contributed by atoms with Gasteiger partial charge >= 0.3 is 11.8 Å². The normalized spacial score (nSPS) is 14.3. The van der Waals surface area contributed by atoms with Crippen LogP contribution in [-0.2, 0) is 11.3 Å². The van der Waals surface area contributed by atoms with E-state index in [9.17, 15) is 19.2 Å². The lowest BCUT2D eigenvalue weighted by Gasteiger charge is -2.33. The zero-order valence-corrected chi connectivity index (χ0v) is 15.7. The molecule has 0 bridgehead atoms. The van der Waals surface area contributed by atoms with Gasteiger partial charge < -0.3 is 19.5 Å². The van der Waals surface area contributed by atoms with Gasteiger partial charge in [-0.15, -0.1) is 11.3 Å². The Morgan fingerprint density at radius 1 is 1.19 bits per heavy atom. The summed E-state index contributed by atoms with van der Waals surface area (Å²) in [5, 5.41) is 1.85. The number of thiophene rings is 1. The van der Waals surface area contributed by atoms with Crippen molar-refractivity contribution in [3.63, 3.8) is 0 Å². The summed E-state index contributed by atoms with van der Waals surface area (Å²) >= 11 is 1.43. The SMILES string of the molecule is CCOC(=O)N1CCN(C(=O)c2c[nH]c(=O)n(Cc3cccs3)c2=O)CC1. The van der Waals surface area contributed by atoms with E-state index in [1.54, 1.807) is 6.92 Å². The van der Waals surface area contributed by atoms with Crippen LogP contribution in [0.25, 0.3) is 0 Å². The summed E-state index contributed by atoms with van der Waals surface area (Å²) in [6, 6.07) is 3.65. The summed E-state index contributed by atoms with van der Waals surface area (Å²) in [7, 11) is 0. The molecule has 9 nitrogen and oxygen atoms in total. The number of H-pyrrole nitrogens is 1. The van der Waals surface area contributed by atoms with Gasteiger partial charge in [0.05, 0.1) is 13.2 Å². The molecule has 0 unspecified atom stereocenters. The van der Waals surface area contributed by atoms with Gasteiger partial charge in [-0.3, -0.25) is 14.2 Å². The monoisotopic (exact) mass is 392 g/mol.